The molecule has 1 aromatic rings. The van der Waals surface area contributed by atoms with E-state index in [-0.39, 0.29) is 18.5 Å². The summed E-state index contributed by atoms with van der Waals surface area (Å²) in [5.41, 5.74) is 5.68. The number of amides is 1. The van der Waals surface area contributed by atoms with Gasteiger partial charge in [-0.1, -0.05) is 0 Å². The minimum absolute atomic E-state index is 0.0839. The minimum Gasteiger partial charge on any atom is -0.337 e. The van der Waals surface area contributed by atoms with Crippen LogP contribution in [0.1, 0.15) is 19.3 Å². The van der Waals surface area contributed by atoms with Gasteiger partial charge in [-0.05, 0) is 19.3 Å². The van der Waals surface area contributed by atoms with Crippen molar-refractivity contribution in [2.45, 2.75) is 31.8 Å². The van der Waals surface area contributed by atoms with Gasteiger partial charge in [0.15, 0.2) is 0 Å². The van der Waals surface area contributed by atoms with Crippen molar-refractivity contribution in [2.75, 3.05) is 13.1 Å². The van der Waals surface area contributed by atoms with Gasteiger partial charge in [-0.25, -0.2) is 9.67 Å². The molecule has 16 heavy (non-hydrogen) atoms. The van der Waals surface area contributed by atoms with Crippen LogP contribution >= 0.6 is 0 Å². The maximum Gasteiger partial charge on any atom is 0.244 e. The van der Waals surface area contributed by atoms with Gasteiger partial charge in [-0.2, -0.15) is 5.10 Å². The average Bonchev–Trinajstić information content (AvgIpc) is 2.81. The molecule has 1 amide bonds. The summed E-state index contributed by atoms with van der Waals surface area (Å²) in [6.07, 6.45) is 6.23. The molecule has 1 fully saturated rings. The molecule has 1 unspecified atom stereocenters. The molecule has 0 saturated carbocycles. The second-order valence-electron chi connectivity index (χ2n) is 4.07. The summed E-state index contributed by atoms with van der Waals surface area (Å²) in [6.45, 7) is 1.62. The minimum atomic E-state index is 0.0839. The average molecular weight is 223 g/mol. The van der Waals surface area contributed by atoms with Crippen LogP contribution in [0.3, 0.4) is 0 Å². The fraction of sp³-hybridized carbons (Fsp3) is 0.700. The largest absolute Gasteiger partial charge is 0.337 e. The molecule has 0 spiro atoms. The Kier molecular flexibility index (Phi) is 3.51. The highest BCUT2D eigenvalue weighted by molar-refractivity contribution is 5.76. The van der Waals surface area contributed by atoms with E-state index in [1.165, 1.54) is 6.33 Å². The van der Waals surface area contributed by atoms with Gasteiger partial charge in [0.25, 0.3) is 0 Å². The van der Waals surface area contributed by atoms with Crippen molar-refractivity contribution < 1.29 is 4.79 Å². The molecule has 1 atom stereocenters. The third-order valence-electron chi connectivity index (χ3n) is 2.98. The number of hydrogen-bond donors (Lipinski definition) is 1. The Bertz CT molecular complexity index is 337. The maximum absolute atomic E-state index is 12.0. The Labute approximate surface area is 94.4 Å². The zero-order valence-electron chi connectivity index (χ0n) is 9.25. The summed E-state index contributed by atoms with van der Waals surface area (Å²) in [7, 11) is 0. The van der Waals surface area contributed by atoms with E-state index < -0.39 is 0 Å². The molecule has 0 bridgehead atoms. The molecule has 1 saturated heterocycles. The molecule has 2 N–H and O–H groups in total. The second-order valence-corrected chi connectivity index (χ2v) is 4.07. The van der Waals surface area contributed by atoms with E-state index in [4.69, 9.17) is 5.73 Å². The van der Waals surface area contributed by atoms with Crippen LogP contribution < -0.4 is 5.73 Å². The molecule has 1 aliphatic rings. The van der Waals surface area contributed by atoms with Crippen LogP contribution in [0.2, 0.25) is 0 Å². The molecular formula is C10H17N5O. The number of aromatic nitrogens is 3. The predicted octanol–water partition coefficient (Wildman–Crippen LogP) is -0.382. The molecule has 1 aliphatic heterocycles. The normalized spacial score (nSPS) is 21.1. The van der Waals surface area contributed by atoms with Gasteiger partial charge in [0, 0.05) is 19.1 Å². The second kappa shape index (κ2) is 5.07. The lowest BCUT2D eigenvalue weighted by Crippen LogP contribution is -2.48. The SMILES string of the molecule is NCC1CCCCN1C(=O)Cn1cncn1. The molecule has 6 heteroatoms. The van der Waals surface area contributed by atoms with Crippen molar-refractivity contribution in [2.24, 2.45) is 5.73 Å². The maximum atomic E-state index is 12.0. The third-order valence-corrected chi connectivity index (χ3v) is 2.98. The summed E-state index contributed by atoms with van der Waals surface area (Å²) in [5.74, 6) is 0.0839. The monoisotopic (exact) mass is 223 g/mol. The van der Waals surface area contributed by atoms with E-state index in [2.05, 4.69) is 10.1 Å². The number of carbonyl (C=O) groups excluding carboxylic acids is 1. The van der Waals surface area contributed by atoms with Crippen molar-refractivity contribution in [1.82, 2.24) is 19.7 Å². The first-order chi connectivity index (χ1) is 7.81. The molecule has 2 heterocycles. The first kappa shape index (κ1) is 11.1. The quantitative estimate of drug-likeness (QED) is 0.757. The van der Waals surface area contributed by atoms with Crippen LogP contribution in [0, 0.1) is 0 Å². The molecule has 0 aliphatic carbocycles. The van der Waals surface area contributed by atoms with Gasteiger partial charge >= 0.3 is 0 Å². The molecule has 2 rings (SSSR count). The first-order valence-electron chi connectivity index (χ1n) is 5.63. The van der Waals surface area contributed by atoms with Gasteiger partial charge in [-0.15, -0.1) is 0 Å². The number of nitrogens with zero attached hydrogens (tertiary/aromatic N) is 4. The number of hydrogen-bond acceptors (Lipinski definition) is 4. The van der Waals surface area contributed by atoms with Gasteiger partial charge < -0.3 is 10.6 Å². The van der Waals surface area contributed by atoms with Crippen LogP contribution in [0.25, 0.3) is 0 Å². The summed E-state index contributed by atoms with van der Waals surface area (Å²) in [6, 6.07) is 0.199. The predicted molar refractivity (Wildman–Crippen MR) is 58.4 cm³/mol. The lowest BCUT2D eigenvalue weighted by atomic mass is 10.0. The van der Waals surface area contributed by atoms with Crippen molar-refractivity contribution >= 4 is 5.91 Å². The van der Waals surface area contributed by atoms with E-state index in [9.17, 15) is 4.79 Å². The molecule has 1 aromatic heterocycles. The highest BCUT2D eigenvalue weighted by Crippen LogP contribution is 2.16. The highest BCUT2D eigenvalue weighted by atomic mass is 16.2. The van der Waals surface area contributed by atoms with Gasteiger partial charge in [-0.3, -0.25) is 4.79 Å². The number of nitrogens with two attached hydrogens (primary N) is 1. The Balaban J connectivity index is 1.97. The summed E-state index contributed by atoms with van der Waals surface area (Å²) in [5, 5.41) is 3.93. The standard InChI is InChI=1S/C10H17N5O/c11-5-9-3-1-2-4-15(9)10(16)6-14-8-12-7-13-14/h7-9H,1-6,11H2. The third kappa shape index (κ3) is 2.38. The number of carbonyl (C=O) groups is 1. The van der Waals surface area contributed by atoms with E-state index in [1.807, 2.05) is 4.90 Å². The molecule has 0 radical (unpaired) electrons. The van der Waals surface area contributed by atoms with E-state index in [1.54, 1.807) is 11.0 Å². The van der Waals surface area contributed by atoms with Crippen molar-refractivity contribution in [3.8, 4) is 0 Å². The Hall–Kier alpha value is -1.43. The zero-order valence-corrected chi connectivity index (χ0v) is 9.25. The molecule has 6 nitrogen and oxygen atoms in total. The smallest absolute Gasteiger partial charge is 0.244 e. The van der Waals surface area contributed by atoms with Crippen molar-refractivity contribution in [1.29, 1.82) is 0 Å². The lowest BCUT2D eigenvalue weighted by Gasteiger charge is -2.35. The molecule has 88 valence electrons. The van der Waals surface area contributed by atoms with Crippen molar-refractivity contribution in [3.05, 3.63) is 12.7 Å². The van der Waals surface area contributed by atoms with Crippen LogP contribution in [0.15, 0.2) is 12.7 Å². The molecular weight excluding hydrogens is 206 g/mol. The summed E-state index contributed by atoms with van der Waals surface area (Å²) in [4.78, 5) is 17.7. The fourth-order valence-electron chi connectivity index (χ4n) is 2.12. The van der Waals surface area contributed by atoms with Gasteiger partial charge in [0.05, 0.1) is 0 Å². The fourth-order valence-corrected chi connectivity index (χ4v) is 2.12. The van der Waals surface area contributed by atoms with Crippen LogP contribution in [-0.4, -0.2) is 44.7 Å². The lowest BCUT2D eigenvalue weighted by molar-refractivity contribution is -0.135. The molecule has 0 aromatic carbocycles. The number of likely N-dealkylation sites (tertiary alicyclic amines) is 1. The summed E-state index contributed by atoms with van der Waals surface area (Å²) >= 11 is 0. The van der Waals surface area contributed by atoms with Crippen LogP contribution in [-0.2, 0) is 11.3 Å². The first-order valence-corrected chi connectivity index (χ1v) is 5.63. The van der Waals surface area contributed by atoms with E-state index in [0.717, 1.165) is 25.8 Å². The Morgan fingerprint density at radius 2 is 2.38 bits per heavy atom. The van der Waals surface area contributed by atoms with Gasteiger partial charge in [0.1, 0.15) is 19.2 Å². The number of piperidine rings is 1. The topological polar surface area (TPSA) is 77.0 Å². The summed E-state index contributed by atoms with van der Waals surface area (Å²) < 4.78 is 1.55. The van der Waals surface area contributed by atoms with Crippen LogP contribution in [0.5, 0.6) is 0 Å². The number of rotatable bonds is 3. The highest BCUT2D eigenvalue weighted by Gasteiger charge is 2.25. The zero-order chi connectivity index (χ0) is 11.4. The van der Waals surface area contributed by atoms with E-state index >= 15 is 0 Å². The van der Waals surface area contributed by atoms with Crippen LogP contribution in [0.4, 0.5) is 0 Å². The Morgan fingerprint density at radius 1 is 1.50 bits per heavy atom. The van der Waals surface area contributed by atoms with Gasteiger partial charge in [0.2, 0.25) is 5.91 Å². The van der Waals surface area contributed by atoms with E-state index in [0.29, 0.717) is 6.54 Å². The van der Waals surface area contributed by atoms with Crippen molar-refractivity contribution in [3.63, 3.8) is 0 Å². The Morgan fingerprint density at radius 3 is 3.06 bits per heavy atom.